The number of esters is 1. The minimum absolute atomic E-state index is 0.0283. The molecule has 90 heavy (non-hydrogen) atoms. The van der Waals surface area contributed by atoms with E-state index in [-0.39, 0.29) is 66.1 Å². The third kappa shape index (κ3) is 18.8. The Hall–Kier alpha value is -7.01. The molecule has 3 aliphatic rings. The van der Waals surface area contributed by atoms with Gasteiger partial charge in [0, 0.05) is 6.92 Å². The average molecular weight is 1230 g/mol. The van der Waals surface area contributed by atoms with Gasteiger partial charge in [-0.15, -0.1) is 6.58 Å². The van der Waals surface area contributed by atoms with Crippen molar-refractivity contribution in [3.8, 4) is 5.75 Å². The van der Waals surface area contributed by atoms with Crippen molar-refractivity contribution in [1.82, 2.24) is 0 Å². The molecule has 17 heteroatoms. The molecule has 0 saturated carbocycles. The molecule has 3 heterocycles. The summed E-state index contributed by atoms with van der Waals surface area (Å²) in [6, 6.07) is 66.0. The van der Waals surface area contributed by atoms with E-state index in [0.717, 1.165) is 38.9 Å². The first-order chi connectivity index (χ1) is 44.2. The maximum Gasteiger partial charge on any atom is 0.303 e. The van der Waals surface area contributed by atoms with Crippen molar-refractivity contribution >= 4 is 5.97 Å². The summed E-state index contributed by atoms with van der Waals surface area (Å²) in [5, 5.41) is 12.1. The lowest BCUT2D eigenvalue weighted by atomic mass is 9.95. The first kappa shape index (κ1) is 65.9. The molecule has 0 unspecified atom stereocenters. The van der Waals surface area contributed by atoms with Crippen LogP contribution in [-0.4, -0.2) is 130 Å². The first-order valence-electron chi connectivity index (χ1n) is 30.6. The van der Waals surface area contributed by atoms with E-state index >= 15 is 0 Å². The number of hydrogen-bond donors (Lipinski definition) is 1. The Morgan fingerprint density at radius 3 is 1.20 bits per heavy atom. The van der Waals surface area contributed by atoms with Gasteiger partial charge in [0.2, 0.25) is 0 Å². The molecular formula is C73H82O17. The van der Waals surface area contributed by atoms with E-state index in [1.165, 1.54) is 6.92 Å². The van der Waals surface area contributed by atoms with Crippen LogP contribution in [0.3, 0.4) is 0 Å². The molecule has 0 radical (unpaired) electrons. The first-order valence-corrected chi connectivity index (χ1v) is 30.6. The van der Waals surface area contributed by atoms with Crippen LogP contribution >= 0.6 is 0 Å². The summed E-state index contributed by atoms with van der Waals surface area (Å²) in [5.74, 6) is 0.0244. The minimum atomic E-state index is -1.53. The van der Waals surface area contributed by atoms with Gasteiger partial charge in [0.25, 0.3) is 0 Å². The standard InChI is InChI=1S/C73H82O17/c1-5-40-79-67-64(89-72-69(84-47-57-34-22-11-23-35-57)65(81-44-54-28-16-8-17-29-54)62(50(2)85-72)80-43-53-26-14-7-15-27-53)61(49-77-41-52-24-12-6-13-25-52)88-73(70(67)86-51(3)74)90-63-60(48-78-42-58-36-38-59(76-4)39-37-58)87-71(75)68(83-46-56-32-20-10-21-33-56)66(63)82-45-55-30-18-9-19-31-55/h5-39,50,60-73,75H,1,40-49H2,2-4H3/t50-,60+,61+,62+,63+,64+,65+,66-,67-,68+,69-,70-,71+,72-,73+/m0/s1. The van der Waals surface area contributed by atoms with Gasteiger partial charge in [0.1, 0.15) is 66.8 Å². The summed E-state index contributed by atoms with van der Waals surface area (Å²) < 4.78 is 101. The predicted octanol–water partition coefficient (Wildman–Crippen LogP) is 10.8. The highest BCUT2D eigenvalue weighted by molar-refractivity contribution is 5.66. The van der Waals surface area contributed by atoms with Crippen LogP contribution in [0.4, 0.5) is 0 Å². The molecule has 15 atom stereocenters. The van der Waals surface area contributed by atoms with Crippen molar-refractivity contribution in [2.24, 2.45) is 0 Å². The molecule has 0 amide bonds. The number of hydrogen-bond acceptors (Lipinski definition) is 17. The van der Waals surface area contributed by atoms with Gasteiger partial charge in [-0.05, 0) is 58.0 Å². The maximum atomic E-state index is 13.8. The van der Waals surface area contributed by atoms with Gasteiger partial charge in [-0.1, -0.05) is 200 Å². The van der Waals surface area contributed by atoms with Gasteiger partial charge in [-0.2, -0.15) is 0 Å². The molecule has 17 nitrogen and oxygen atoms in total. The zero-order valence-electron chi connectivity index (χ0n) is 51.1. The van der Waals surface area contributed by atoms with Gasteiger partial charge in [0.05, 0.1) is 79.3 Å². The van der Waals surface area contributed by atoms with Crippen LogP contribution < -0.4 is 4.74 Å². The molecule has 0 spiro atoms. The molecule has 1 N–H and O–H groups in total. The summed E-state index contributed by atoms with van der Waals surface area (Å²) in [4.78, 5) is 13.8. The quantitative estimate of drug-likeness (QED) is 0.0311. The van der Waals surface area contributed by atoms with Crippen molar-refractivity contribution < 1.29 is 81.0 Å². The Morgan fingerprint density at radius 1 is 0.422 bits per heavy atom. The van der Waals surface area contributed by atoms with Gasteiger partial charge in [-0.3, -0.25) is 4.79 Å². The molecule has 3 fully saturated rings. The molecule has 10 rings (SSSR count). The smallest absolute Gasteiger partial charge is 0.303 e. The van der Waals surface area contributed by atoms with E-state index in [0.29, 0.717) is 5.75 Å². The van der Waals surface area contributed by atoms with E-state index < -0.39 is 98.1 Å². The lowest BCUT2D eigenvalue weighted by Crippen LogP contribution is -2.68. The van der Waals surface area contributed by atoms with Crippen LogP contribution in [0.2, 0.25) is 0 Å². The topological polar surface area (TPSA) is 176 Å². The third-order valence-electron chi connectivity index (χ3n) is 15.7. The van der Waals surface area contributed by atoms with Crippen molar-refractivity contribution in [2.75, 3.05) is 26.9 Å². The molecule has 7 aromatic rings. The van der Waals surface area contributed by atoms with Gasteiger partial charge in [0.15, 0.2) is 25.0 Å². The number of methoxy groups -OCH3 is 1. The fourth-order valence-electron chi connectivity index (χ4n) is 11.2. The van der Waals surface area contributed by atoms with Crippen LogP contribution in [0.25, 0.3) is 0 Å². The number of carbonyl (C=O) groups is 1. The van der Waals surface area contributed by atoms with E-state index in [1.54, 1.807) is 13.2 Å². The zero-order valence-corrected chi connectivity index (χ0v) is 51.1. The van der Waals surface area contributed by atoms with Crippen LogP contribution in [-0.2, 0) is 117 Å². The molecule has 0 bridgehead atoms. The summed E-state index contributed by atoms with van der Waals surface area (Å²) in [7, 11) is 1.61. The van der Waals surface area contributed by atoms with Crippen molar-refractivity contribution in [2.45, 2.75) is 152 Å². The van der Waals surface area contributed by atoms with Gasteiger partial charge < -0.3 is 76.2 Å². The maximum absolute atomic E-state index is 13.8. The number of rotatable bonds is 32. The highest BCUT2D eigenvalue weighted by Crippen LogP contribution is 2.39. The minimum Gasteiger partial charge on any atom is -0.497 e. The van der Waals surface area contributed by atoms with E-state index in [1.807, 2.05) is 213 Å². The Labute approximate surface area is 527 Å². The van der Waals surface area contributed by atoms with E-state index in [2.05, 4.69) is 6.58 Å². The Kier molecular flexibility index (Phi) is 25.2. The summed E-state index contributed by atoms with van der Waals surface area (Å²) >= 11 is 0. The number of aliphatic hydroxyl groups is 1. The summed E-state index contributed by atoms with van der Waals surface area (Å²) in [6.45, 7) is 8.16. The largest absolute Gasteiger partial charge is 0.497 e. The van der Waals surface area contributed by atoms with Crippen LogP contribution in [0, 0.1) is 0 Å². The van der Waals surface area contributed by atoms with Gasteiger partial charge >= 0.3 is 5.97 Å². The Balaban J connectivity index is 1.03. The molecule has 0 aromatic heterocycles. The average Bonchev–Trinajstić information content (AvgIpc) is 0.964. The second-order valence-electron chi connectivity index (χ2n) is 22.3. The molecule has 0 aliphatic carbocycles. The van der Waals surface area contributed by atoms with Crippen molar-refractivity contribution in [3.63, 3.8) is 0 Å². The predicted molar refractivity (Wildman–Crippen MR) is 333 cm³/mol. The lowest BCUT2D eigenvalue weighted by molar-refractivity contribution is -0.387. The van der Waals surface area contributed by atoms with Crippen molar-refractivity contribution in [1.29, 1.82) is 0 Å². The SMILES string of the molecule is C=CCO[C@@H]1[C@H](OC(C)=O)[C@@H](O[C@H]2[C@H](OCc3ccccc3)[C@@H](OCc3ccccc3)[C@H](O)O[C@@H]2COCc2ccc(OC)cc2)O[C@H](COCc2ccccc2)[C@H]1O[C@@H]1O[C@@H](C)[C@@H](OCc2ccccc2)[C@@H](OCc2ccccc2)[C@@H]1OCc1ccccc1. The second-order valence-corrected chi connectivity index (χ2v) is 22.3. The summed E-state index contributed by atoms with van der Waals surface area (Å²) in [5.41, 5.74) is 6.26. The monoisotopic (exact) mass is 1230 g/mol. The van der Waals surface area contributed by atoms with Crippen LogP contribution in [0.15, 0.2) is 219 Å². The number of ether oxygens (including phenoxy) is 15. The summed E-state index contributed by atoms with van der Waals surface area (Å²) in [6.07, 6.45) is -14.8. The van der Waals surface area contributed by atoms with Crippen molar-refractivity contribution in [3.05, 3.63) is 258 Å². The zero-order chi connectivity index (χ0) is 62.3. The van der Waals surface area contributed by atoms with Crippen LogP contribution in [0.1, 0.15) is 52.8 Å². The molecular weight excluding hydrogens is 1150 g/mol. The fourth-order valence-corrected chi connectivity index (χ4v) is 11.2. The molecule has 7 aromatic carbocycles. The van der Waals surface area contributed by atoms with Gasteiger partial charge in [-0.25, -0.2) is 0 Å². The second kappa shape index (κ2) is 34.4. The third-order valence-corrected chi connectivity index (χ3v) is 15.7. The number of carbonyl (C=O) groups excluding carboxylic acids is 1. The van der Waals surface area contributed by atoms with Crippen LogP contribution in [0.5, 0.6) is 5.75 Å². The Bertz CT molecular complexity index is 3150. The molecule has 3 saturated heterocycles. The highest BCUT2D eigenvalue weighted by atomic mass is 16.8. The lowest BCUT2D eigenvalue weighted by Gasteiger charge is -2.51. The molecule has 476 valence electrons. The number of benzene rings is 7. The Morgan fingerprint density at radius 2 is 0.778 bits per heavy atom. The van der Waals surface area contributed by atoms with E-state index in [9.17, 15) is 9.90 Å². The normalized spacial score (nSPS) is 26.7. The molecule has 3 aliphatic heterocycles. The highest BCUT2D eigenvalue weighted by Gasteiger charge is 2.57. The van der Waals surface area contributed by atoms with E-state index in [4.69, 9.17) is 71.1 Å². The number of aliphatic hydroxyl groups excluding tert-OH is 1. The fraction of sp³-hybridized carbons (Fsp3) is 0.384.